The Hall–Kier alpha value is -6.57. The Labute approximate surface area is 462 Å². The summed E-state index contributed by atoms with van der Waals surface area (Å²) in [5.74, 6) is -0.710. The van der Waals surface area contributed by atoms with Crippen LogP contribution in [0.1, 0.15) is 190 Å². The van der Waals surface area contributed by atoms with E-state index < -0.39 is 22.2 Å². The molecule has 0 aromatic heterocycles. The van der Waals surface area contributed by atoms with Crippen molar-refractivity contribution in [3.05, 3.63) is 114 Å². The van der Waals surface area contributed by atoms with Gasteiger partial charge in [0.05, 0.1) is 28.4 Å². The lowest BCUT2D eigenvalue weighted by molar-refractivity contribution is -0.156. The van der Waals surface area contributed by atoms with Crippen molar-refractivity contribution in [2.75, 3.05) is 25.1 Å². The highest BCUT2D eigenvalue weighted by atomic mass is 16.6. The summed E-state index contributed by atoms with van der Waals surface area (Å²) < 4.78 is 20.4. The fourth-order valence-corrected chi connectivity index (χ4v) is 4.82. The van der Waals surface area contributed by atoms with Gasteiger partial charge in [-0.1, -0.05) is 137 Å². The maximum atomic E-state index is 11.8. The number of carbonyl (C=O) groups is 5. The average Bonchev–Trinajstić information content (AvgIpc) is 3.30. The summed E-state index contributed by atoms with van der Waals surface area (Å²) in [5, 5.41) is 39.8. The summed E-state index contributed by atoms with van der Waals surface area (Å²) in [7, 11) is 0. The van der Waals surface area contributed by atoms with Gasteiger partial charge in [0.2, 0.25) is 5.91 Å². The van der Waals surface area contributed by atoms with Crippen molar-refractivity contribution >= 4 is 35.5 Å². The first-order chi connectivity index (χ1) is 31.7. The summed E-state index contributed by atoms with van der Waals surface area (Å²) in [6.07, 6.45) is 3.58. The van der Waals surface area contributed by atoms with E-state index in [0.29, 0.717) is 25.1 Å². The van der Waals surface area contributed by atoms with Gasteiger partial charge >= 0.3 is 23.9 Å². The quantitative estimate of drug-likeness (QED) is 0.0357. The van der Waals surface area contributed by atoms with Gasteiger partial charge in [-0.05, 0) is 133 Å². The normalized spacial score (nSPS) is 9.95. The number of phenols is 4. The summed E-state index contributed by atoms with van der Waals surface area (Å²) in [6, 6.07) is 26.1. The fraction of sp³-hybridized carbons (Fsp3) is 0.532. The third-order valence-corrected chi connectivity index (χ3v) is 11.4. The second kappa shape index (κ2) is 41.7. The second-order valence-corrected chi connectivity index (χ2v) is 18.6. The number of rotatable bonds is 18. The van der Waals surface area contributed by atoms with E-state index in [1.165, 1.54) is 24.3 Å². The van der Waals surface area contributed by atoms with Gasteiger partial charge in [0.1, 0.15) is 42.8 Å². The number of aromatic hydroxyl groups is 4. The molecule has 5 N–H and O–H groups in total. The zero-order valence-corrected chi connectivity index (χ0v) is 42.1. The van der Waals surface area contributed by atoms with Crippen LogP contribution in [0.15, 0.2) is 97.1 Å². The van der Waals surface area contributed by atoms with Gasteiger partial charge in [0.15, 0.2) is 0 Å². The third-order valence-electron chi connectivity index (χ3n) is 11.4. The highest BCUT2D eigenvalue weighted by molar-refractivity contribution is 5.95. The first kappa shape index (κ1) is 86.2. The number of hydrogen-bond donors (Lipinski definition) is 5. The number of phenolic OH excluding ortho intramolecular Hbond substituents is 4. The Morgan fingerprint density at radius 2 is 0.776 bits per heavy atom. The van der Waals surface area contributed by atoms with Gasteiger partial charge in [0, 0.05) is 23.6 Å². The van der Waals surface area contributed by atoms with Crippen molar-refractivity contribution in [2.45, 2.75) is 181 Å². The molecule has 14 heteroatoms. The first-order valence-corrected chi connectivity index (χ1v) is 22.9. The molecule has 0 saturated heterocycles. The van der Waals surface area contributed by atoms with Gasteiger partial charge < -0.3 is 44.7 Å². The molecule has 0 atom stereocenters. The standard InChI is InChI=1S/C15H20O5.C14H20O3.C13H18O3.C12H17NO2.8CH4/c1-4-15(2,3)14(18)20-9-8-19-13(17)11-6-5-7-12(16)10-11;1-4-14(2,3)13(16)17-9-8-11-6-5-7-12(15)10-11;1-4-13(2,3)12(15)16-9-10-6-5-7-11(14)8-10;1-4-12(2,3)11(15)13-9-6-5-7-10(14)8-9;;;;;;;;/h5-7,10,16H,4,8-9H2,1-3H3;5-7,10,15H,4,8-9H2,1-3H3;5-8,14H,4,9H2,1-3H3;5-8,14H,4H2,1-3H3,(H,13,15);8*1H4. The van der Waals surface area contributed by atoms with E-state index in [2.05, 4.69) is 5.32 Å². The Morgan fingerprint density at radius 1 is 0.421 bits per heavy atom. The van der Waals surface area contributed by atoms with Crippen LogP contribution >= 0.6 is 0 Å². The molecule has 14 nitrogen and oxygen atoms in total. The smallest absolute Gasteiger partial charge is 0.338 e. The largest absolute Gasteiger partial charge is 0.508 e. The summed E-state index contributed by atoms with van der Waals surface area (Å²) in [6.45, 7) is 23.2. The molecule has 0 unspecified atom stereocenters. The maximum absolute atomic E-state index is 11.8. The van der Waals surface area contributed by atoms with E-state index in [0.717, 1.165) is 30.4 Å². The van der Waals surface area contributed by atoms with E-state index in [4.69, 9.17) is 18.9 Å². The summed E-state index contributed by atoms with van der Waals surface area (Å²) in [4.78, 5) is 58.4. The van der Waals surface area contributed by atoms with E-state index in [1.807, 2.05) is 81.4 Å². The highest BCUT2D eigenvalue weighted by Crippen LogP contribution is 2.26. The van der Waals surface area contributed by atoms with E-state index in [9.17, 15) is 44.4 Å². The Kier molecular flexibility index (Phi) is 47.2. The van der Waals surface area contributed by atoms with E-state index >= 15 is 0 Å². The Morgan fingerprint density at radius 3 is 1.20 bits per heavy atom. The van der Waals surface area contributed by atoms with Gasteiger partial charge in [0.25, 0.3) is 0 Å². The van der Waals surface area contributed by atoms with Crippen LogP contribution in [0.25, 0.3) is 0 Å². The number of hydrogen-bond acceptors (Lipinski definition) is 13. The first-order valence-electron chi connectivity index (χ1n) is 22.9. The number of carbonyl (C=O) groups excluding carboxylic acids is 5. The number of benzene rings is 4. The molecule has 4 aromatic carbocycles. The van der Waals surface area contributed by atoms with Crippen LogP contribution in [0.5, 0.6) is 23.0 Å². The van der Waals surface area contributed by atoms with Gasteiger partial charge in [-0.3, -0.25) is 19.2 Å². The van der Waals surface area contributed by atoms with Gasteiger partial charge in [-0.2, -0.15) is 0 Å². The molecular weight excluding hydrogens is 967 g/mol. The van der Waals surface area contributed by atoms with Gasteiger partial charge in [-0.25, -0.2) is 4.79 Å². The Bertz CT molecular complexity index is 2210. The number of esters is 4. The predicted molar refractivity (Wildman–Crippen MR) is 317 cm³/mol. The number of ether oxygens (including phenoxy) is 4. The van der Waals surface area contributed by atoms with E-state index in [-0.39, 0.29) is 137 Å². The molecule has 0 aliphatic carbocycles. The number of anilines is 1. The Balaban J connectivity index is -0.000000131. The molecule has 0 radical (unpaired) electrons. The van der Waals surface area contributed by atoms with Crippen molar-refractivity contribution in [3.8, 4) is 23.0 Å². The molecule has 0 spiro atoms. The van der Waals surface area contributed by atoms with Crippen LogP contribution in [-0.2, 0) is 51.2 Å². The molecule has 1 amide bonds. The van der Waals surface area contributed by atoms with Crippen LogP contribution < -0.4 is 5.32 Å². The van der Waals surface area contributed by atoms with Crippen molar-refractivity contribution in [2.24, 2.45) is 21.7 Å². The monoisotopic (exact) mass is 1070 g/mol. The molecule has 0 saturated carbocycles. The molecular formula is C62H107NO13. The summed E-state index contributed by atoms with van der Waals surface area (Å²) in [5.41, 5.74) is 0.857. The molecule has 0 aliphatic heterocycles. The zero-order valence-electron chi connectivity index (χ0n) is 42.1. The van der Waals surface area contributed by atoms with Crippen molar-refractivity contribution in [1.82, 2.24) is 0 Å². The van der Waals surface area contributed by atoms with Crippen molar-refractivity contribution in [1.29, 1.82) is 0 Å². The molecule has 4 aromatic rings. The minimum atomic E-state index is -0.563. The van der Waals surface area contributed by atoms with E-state index in [1.54, 1.807) is 74.5 Å². The lowest BCUT2D eigenvalue weighted by Crippen LogP contribution is -2.29. The highest BCUT2D eigenvalue weighted by Gasteiger charge is 2.29. The van der Waals surface area contributed by atoms with Crippen LogP contribution in [0.3, 0.4) is 0 Å². The molecule has 76 heavy (non-hydrogen) atoms. The molecule has 0 fully saturated rings. The predicted octanol–water partition coefficient (Wildman–Crippen LogP) is 16.2. The van der Waals surface area contributed by atoms with Crippen molar-refractivity contribution in [3.63, 3.8) is 0 Å². The van der Waals surface area contributed by atoms with Crippen molar-refractivity contribution < 1.29 is 63.3 Å². The second-order valence-electron chi connectivity index (χ2n) is 18.6. The minimum absolute atomic E-state index is 0. The molecule has 0 bridgehead atoms. The summed E-state index contributed by atoms with van der Waals surface area (Å²) >= 11 is 0. The third kappa shape index (κ3) is 32.7. The number of amides is 1. The van der Waals surface area contributed by atoms with Crippen LogP contribution in [0.2, 0.25) is 0 Å². The molecule has 4 rings (SSSR count). The fourth-order valence-electron chi connectivity index (χ4n) is 4.82. The minimum Gasteiger partial charge on any atom is -0.508 e. The van der Waals surface area contributed by atoms with Crippen LogP contribution in [0.4, 0.5) is 5.69 Å². The van der Waals surface area contributed by atoms with Crippen LogP contribution in [0, 0.1) is 21.7 Å². The molecule has 0 heterocycles. The molecule has 0 aliphatic rings. The lowest BCUT2D eigenvalue weighted by Gasteiger charge is -2.21. The van der Waals surface area contributed by atoms with Gasteiger partial charge in [-0.15, -0.1) is 0 Å². The maximum Gasteiger partial charge on any atom is 0.338 e. The lowest BCUT2D eigenvalue weighted by atomic mass is 9.89. The molecule has 438 valence electrons. The zero-order chi connectivity index (χ0) is 51.7. The number of nitrogens with one attached hydrogen (secondary N) is 1. The van der Waals surface area contributed by atoms with Crippen LogP contribution in [-0.4, -0.2) is 70.0 Å². The average molecular weight is 1070 g/mol. The topological polar surface area (TPSA) is 215 Å². The SMILES string of the molecule is C.C.C.C.C.C.C.C.CCC(C)(C)C(=O)Nc1cccc(O)c1.CCC(C)(C)C(=O)OCCOC(=O)c1cccc(O)c1.CCC(C)(C)C(=O)OCCc1cccc(O)c1.CCC(C)(C)C(=O)OCc1cccc(O)c1.